The third kappa shape index (κ3) is 14.1. The van der Waals surface area contributed by atoms with Gasteiger partial charge in [0.25, 0.3) is 0 Å². The van der Waals surface area contributed by atoms with Crippen molar-refractivity contribution in [1.29, 1.82) is 0 Å². The molecule has 0 aliphatic heterocycles. The highest BCUT2D eigenvalue weighted by Gasteiger charge is 2.20. The van der Waals surface area contributed by atoms with Gasteiger partial charge in [-0.2, -0.15) is 0 Å². The van der Waals surface area contributed by atoms with E-state index in [2.05, 4.69) is 19.9 Å². The second-order valence-corrected chi connectivity index (χ2v) is 17.2. The number of hydrogen-bond donors (Lipinski definition) is 1. The molecule has 0 saturated carbocycles. The summed E-state index contributed by atoms with van der Waals surface area (Å²) in [4.78, 5) is 1.41. The molecular weight excluding hydrogens is 395 g/mol. The summed E-state index contributed by atoms with van der Waals surface area (Å²) in [6.07, 6.45) is 23.9. The van der Waals surface area contributed by atoms with Crippen molar-refractivity contribution < 1.29 is 4.52 Å². The molecule has 0 saturated heterocycles. The number of thiol groups is 1. The summed E-state index contributed by atoms with van der Waals surface area (Å²) in [6, 6.07) is 0. The van der Waals surface area contributed by atoms with Gasteiger partial charge in [0.15, 0.2) is 4.67 Å². The molecule has 0 N–H and O–H groups in total. The van der Waals surface area contributed by atoms with Crippen LogP contribution in [0, 0.1) is 0 Å². The molecule has 154 valence electrons. The van der Waals surface area contributed by atoms with Crippen LogP contribution in [-0.2, 0) is 16.3 Å². The maximum atomic E-state index is 6.14. The van der Waals surface area contributed by atoms with Gasteiger partial charge < -0.3 is 4.52 Å². The van der Waals surface area contributed by atoms with Gasteiger partial charge in [0, 0.05) is 0 Å². The van der Waals surface area contributed by atoms with Gasteiger partial charge in [0.05, 0.1) is 6.10 Å². The Kier molecular flexibility index (Phi) is 15.4. The number of hydrogen-bond acceptors (Lipinski definition) is 3. The Morgan fingerprint density at radius 3 is 2.15 bits per heavy atom. The van der Waals surface area contributed by atoms with Crippen molar-refractivity contribution in [2.75, 3.05) is 0 Å². The predicted octanol–water partition coefficient (Wildman–Crippen LogP) is 9.44. The molecule has 0 radical (unpaired) electrons. The summed E-state index contributed by atoms with van der Waals surface area (Å²) >= 11 is 12.1. The van der Waals surface area contributed by atoms with Gasteiger partial charge in [-0.1, -0.05) is 95.0 Å². The molecule has 2 unspecified atom stereocenters. The Hall–Kier alpha value is 1.05. The maximum absolute atomic E-state index is 6.14. The minimum absolute atomic E-state index is 0.244. The van der Waals surface area contributed by atoms with Gasteiger partial charge in [0.2, 0.25) is 0 Å². The number of rotatable bonds is 16. The van der Waals surface area contributed by atoms with Gasteiger partial charge in [0.1, 0.15) is 0 Å². The molecule has 1 nitrogen and oxygen atoms in total. The topological polar surface area (TPSA) is 9.23 Å². The van der Waals surface area contributed by atoms with E-state index in [9.17, 15) is 0 Å². The molecule has 0 fully saturated rings. The first-order chi connectivity index (χ1) is 12.5. The minimum Gasteiger partial charge on any atom is -0.331 e. The first kappa shape index (κ1) is 25.1. The zero-order valence-corrected chi connectivity index (χ0v) is 20.5. The zero-order chi connectivity index (χ0) is 19.1. The Balaban J connectivity index is 1.98. The fourth-order valence-electron chi connectivity index (χ4n) is 3.44. The lowest BCUT2D eigenvalue weighted by Gasteiger charge is -2.23. The van der Waals surface area contributed by atoms with Crippen LogP contribution in [0.25, 0.3) is 0 Å². The molecular formula is C21H41OPS3. The van der Waals surface area contributed by atoms with Crippen LogP contribution >= 0.6 is 28.3 Å². The summed E-state index contributed by atoms with van der Waals surface area (Å²) in [6.45, 7) is 4.45. The molecule has 0 aromatic carbocycles. The Morgan fingerprint density at radius 1 is 1.04 bits per heavy atom. The van der Waals surface area contributed by atoms with Crippen LogP contribution in [0.5, 0.6) is 0 Å². The lowest BCUT2D eigenvalue weighted by Crippen LogP contribution is -2.04. The van der Waals surface area contributed by atoms with Crippen molar-refractivity contribution in [2.24, 2.45) is 0 Å². The van der Waals surface area contributed by atoms with E-state index in [4.69, 9.17) is 28.6 Å². The van der Waals surface area contributed by atoms with Gasteiger partial charge in [-0.3, -0.25) is 0 Å². The first-order valence-corrected chi connectivity index (χ1v) is 16.2. The standard InChI is InChI=1S/C21H41OPS3/c1-3-4-5-6-7-8-9-10-11-12-14-17-20(2)22-23(24,25)26-21-18-15-13-16-19-21/h18,20H,3-17,19H2,1-2H3,(H,24,25). The average molecular weight is 437 g/mol. The molecule has 0 aromatic heterocycles. The third-order valence-electron chi connectivity index (χ3n) is 5.01. The SMILES string of the molecule is CCCCCCCCCCCCCC(C)OP(=S)(S)SC1=CCCCC1. The van der Waals surface area contributed by atoms with Crippen molar-refractivity contribution >= 4 is 40.1 Å². The molecule has 5 heteroatoms. The molecule has 26 heavy (non-hydrogen) atoms. The summed E-state index contributed by atoms with van der Waals surface area (Å²) < 4.78 is 4.12. The third-order valence-corrected chi connectivity index (χ3v) is 10.1. The van der Waals surface area contributed by atoms with Crippen LogP contribution in [0.2, 0.25) is 0 Å². The van der Waals surface area contributed by atoms with Crippen LogP contribution in [0.15, 0.2) is 11.0 Å². The van der Waals surface area contributed by atoms with Crippen molar-refractivity contribution in [3.05, 3.63) is 11.0 Å². The molecule has 0 heterocycles. The van der Waals surface area contributed by atoms with Crippen molar-refractivity contribution in [1.82, 2.24) is 0 Å². The monoisotopic (exact) mass is 436 g/mol. The highest BCUT2D eigenvalue weighted by Crippen LogP contribution is 2.68. The molecule has 0 bridgehead atoms. The van der Waals surface area contributed by atoms with Gasteiger partial charge in [-0.25, -0.2) is 0 Å². The second kappa shape index (κ2) is 15.9. The van der Waals surface area contributed by atoms with Crippen molar-refractivity contribution in [3.63, 3.8) is 0 Å². The van der Waals surface area contributed by atoms with E-state index in [1.165, 1.54) is 101 Å². The highest BCUT2D eigenvalue weighted by molar-refractivity contribution is 8.96. The van der Waals surface area contributed by atoms with E-state index in [0.29, 0.717) is 0 Å². The zero-order valence-electron chi connectivity index (χ0n) is 17.1. The number of allylic oxidation sites excluding steroid dienone is 2. The van der Waals surface area contributed by atoms with E-state index in [1.807, 2.05) is 0 Å². The summed E-state index contributed by atoms with van der Waals surface area (Å²) in [7, 11) is 0. The minimum atomic E-state index is -2.02. The molecule has 2 atom stereocenters. The van der Waals surface area contributed by atoms with Gasteiger partial charge in [-0.05, 0) is 55.7 Å². The highest BCUT2D eigenvalue weighted by atomic mass is 33.2. The second-order valence-electron chi connectivity index (χ2n) is 7.72. The van der Waals surface area contributed by atoms with Crippen molar-refractivity contribution in [2.45, 2.75) is 123 Å². The van der Waals surface area contributed by atoms with Gasteiger partial charge in [-0.15, -0.1) is 12.2 Å². The Bertz CT molecular complexity index is 425. The molecule has 1 aliphatic carbocycles. The fourth-order valence-corrected chi connectivity index (χ4v) is 9.45. The average Bonchev–Trinajstić information content (AvgIpc) is 2.59. The van der Waals surface area contributed by atoms with Crippen LogP contribution in [0.1, 0.15) is 117 Å². The van der Waals surface area contributed by atoms with Crippen LogP contribution in [-0.4, -0.2) is 6.10 Å². The van der Waals surface area contributed by atoms with Crippen LogP contribution in [0.4, 0.5) is 0 Å². The van der Waals surface area contributed by atoms with Crippen molar-refractivity contribution in [3.8, 4) is 0 Å². The predicted molar refractivity (Wildman–Crippen MR) is 129 cm³/mol. The van der Waals surface area contributed by atoms with Crippen LogP contribution in [0.3, 0.4) is 0 Å². The maximum Gasteiger partial charge on any atom is 0.176 e. The quantitative estimate of drug-likeness (QED) is 0.147. The fraction of sp³-hybridized carbons (Fsp3) is 0.905. The van der Waals surface area contributed by atoms with Crippen LogP contribution < -0.4 is 0 Å². The molecule has 1 aliphatic rings. The van der Waals surface area contributed by atoms with E-state index in [-0.39, 0.29) is 6.10 Å². The molecule has 1 rings (SSSR count). The van der Waals surface area contributed by atoms with E-state index >= 15 is 0 Å². The Labute approximate surface area is 177 Å². The Morgan fingerprint density at radius 2 is 1.62 bits per heavy atom. The van der Waals surface area contributed by atoms with E-state index in [1.54, 1.807) is 11.4 Å². The summed E-state index contributed by atoms with van der Waals surface area (Å²) in [5.74, 6) is 0. The number of unbranched alkanes of at least 4 members (excludes halogenated alkanes) is 10. The lowest BCUT2D eigenvalue weighted by molar-refractivity contribution is 0.239. The summed E-state index contributed by atoms with van der Waals surface area (Å²) in [5.41, 5.74) is 0. The van der Waals surface area contributed by atoms with Gasteiger partial charge >= 0.3 is 0 Å². The smallest absolute Gasteiger partial charge is 0.176 e. The van der Waals surface area contributed by atoms with E-state index in [0.717, 1.165) is 6.42 Å². The molecule has 0 aromatic rings. The molecule has 0 spiro atoms. The van der Waals surface area contributed by atoms with E-state index < -0.39 is 4.67 Å². The summed E-state index contributed by atoms with van der Waals surface area (Å²) in [5, 5.41) is 0. The lowest BCUT2D eigenvalue weighted by atomic mass is 10.0. The largest absolute Gasteiger partial charge is 0.331 e. The molecule has 0 amide bonds. The first-order valence-electron chi connectivity index (χ1n) is 10.9. The normalized spacial score (nSPS) is 18.3.